The summed E-state index contributed by atoms with van der Waals surface area (Å²) in [5, 5.41) is 3.37. The number of methoxy groups -OCH3 is 1. The highest BCUT2D eigenvalue weighted by Gasteiger charge is 2.08. The Kier molecular flexibility index (Phi) is 4.38. The summed E-state index contributed by atoms with van der Waals surface area (Å²) in [4.78, 5) is 3.88. The molecule has 1 atom stereocenters. The summed E-state index contributed by atoms with van der Waals surface area (Å²) in [6.07, 6.45) is 3.15. The van der Waals surface area contributed by atoms with E-state index >= 15 is 0 Å². The minimum atomic E-state index is 0.220. The smallest absolute Gasteiger partial charge is 0.180 e. The summed E-state index contributed by atoms with van der Waals surface area (Å²) in [5.41, 5.74) is 1.18. The van der Waals surface area contributed by atoms with Gasteiger partial charge in [0.2, 0.25) is 0 Å². The molecule has 1 heterocycles. The second-order valence-corrected chi connectivity index (χ2v) is 4.82. The minimum Gasteiger partial charge on any atom is -0.496 e. The SMILES string of the molecule is COc1ccc(C(C)NCc2cnco2)cc1Br. The Morgan fingerprint density at radius 1 is 1.50 bits per heavy atom. The molecule has 0 saturated carbocycles. The number of nitrogens with zero attached hydrogens (tertiary/aromatic N) is 1. The topological polar surface area (TPSA) is 47.3 Å². The Bertz CT molecular complexity index is 500. The summed E-state index contributed by atoms with van der Waals surface area (Å²) in [6, 6.07) is 6.27. The van der Waals surface area contributed by atoms with Gasteiger partial charge in [0.15, 0.2) is 6.39 Å². The number of oxazole rings is 1. The molecular formula is C13H15BrN2O2. The standard InChI is InChI=1S/C13H15BrN2O2/c1-9(16-7-11-6-15-8-18-11)10-3-4-13(17-2)12(14)5-10/h3-6,8-9,16H,7H2,1-2H3. The van der Waals surface area contributed by atoms with Gasteiger partial charge in [0.05, 0.1) is 24.3 Å². The molecule has 1 aromatic heterocycles. The lowest BCUT2D eigenvalue weighted by atomic mass is 10.1. The van der Waals surface area contributed by atoms with E-state index in [0.717, 1.165) is 16.0 Å². The molecule has 1 unspecified atom stereocenters. The number of nitrogens with one attached hydrogen (secondary N) is 1. The van der Waals surface area contributed by atoms with Gasteiger partial charge in [0, 0.05) is 6.04 Å². The van der Waals surface area contributed by atoms with Crippen molar-refractivity contribution in [2.24, 2.45) is 0 Å². The maximum absolute atomic E-state index is 5.21. The van der Waals surface area contributed by atoms with E-state index in [1.165, 1.54) is 12.0 Å². The predicted molar refractivity (Wildman–Crippen MR) is 72.5 cm³/mol. The first-order valence-electron chi connectivity index (χ1n) is 5.65. The third-order valence-corrected chi connectivity index (χ3v) is 3.36. The first-order valence-corrected chi connectivity index (χ1v) is 6.44. The summed E-state index contributed by atoms with van der Waals surface area (Å²) in [7, 11) is 1.66. The molecule has 0 aliphatic heterocycles. The van der Waals surface area contributed by atoms with E-state index in [-0.39, 0.29) is 6.04 Å². The van der Waals surface area contributed by atoms with Crippen LogP contribution in [0.15, 0.2) is 39.7 Å². The average molecular weight is 311 g/mol. The normalized spacial score (nSPS) is 12.4. The number of hydrogen-bond acceptors (Lipinski definition) is 4. The van der Waals surface area contributed by atoms with Gasteiger partial charge in [-0.2, -0.15) is 0 Å². The van der Waals surface area contributed by atoms with Crippen molar-refractivity contribution in [1.82, 2.24) is 10.3 Å². The predicted octanol–water partition coefficient (Wildman–Crippen LogP) is 3.30. The summed E-state index contributed by atoms with van der Waals surface area (Å²) < 4.78 is 11.3. The van der Waals surface area contributed by atoms with Gasteiger partial charge in [-0.3, -0.25) is 0 Å². The number of benzene rings is 1. The van der Waals surface area contributed by atoms with Crippen molar-refractivity contribution < 1.29 is 9.15 Å². The highest BCUT2D eigenvalue weighted by molar-refractivity contribution is 9.10. The number of aromatic nitrogens is 1. The lowest BCUT2D eigenvalue weighted by Crippen LogP contribution is -2.17. The van der Waals surface area contributed by atoms with E-state index in [1.807, 2.05) is 12.1 Å². The number of rotatable bonds is 5. The molecule has 0 saturated heterocycles. The van der Waals surface area contributed by atoms with Crippen LogP contribution in [0.2, 0.25) is 0 Å². The van der Waals surface area contributed by atoms with Crippen LogP contribution >= 0.6 is 15.9 Å². The lowest BCUT2D eigenvalue weighted by Gasteiger charge is -2.14. The highest BCUT2D eigenvalue weighted by Crippen LogP contribution is 2.28. The maximum atomic E-state index is 5.21. The summed E-state index contributed by atoms with van der Waals surface area (Å²) in [6.45, 7) is 2.76. The fourth-order valence-electron chi connectivity index (χ4n) is 1.65. The van der Waals surface area contributed by atoms with Crippen molar-refractivity contribution in [3.63, 3.8) is 0 Å². The Balaban J connectivity index is 2.00. The average Bonchev–Trinajstić information content (AvgIpc) is 2.89. The monoisotopic (exact) mass is 310 g/mol. The van der Waals surface area contributed by atoms with Crippen LogP contribution in [0.5, 0.6) is 5.75 Å². The fraction of sp³-hybridized carbons (Fsp3) is 0.308. The van der Waals surface area contributed by atoms with Crippen LogP contribution < -0.4 is 10.1 Å². The second-order valence-electron chi connectivity index (χ2n) is 3.96. The van der Waals surface area contributed by atoms with Crippen LogP contribution in [0.3, 0.4) is 0 Å². The van der Waals surface area contributed by atoms with Crippen LogP contribution in [-0.2, 0) is 6.54 Å². The second kappa shape index (κ2) is 6.02. The molecular weight excluding hydrogens is 296 g/mol. The van der Waals surface area contributed by atoms with Crippen molar-refractivity contribution in [1.29, 1.82) is 0 Å². The Morgan fingerprint density at radius 3 is 2.94 bits per heavy atom. The Hall–Kier alpha value is -1.33. The highest BCUT2D eigenvalue weighted by atomic mass is 79.9. The minimum absolute atomic E-state index is 0.220. The number of hydrogen-bond donors (Lipinski definition) is 1. The van der Waals surface area contributed by atoms with Gasteiger partial charge in [-0.1, -0.05) is 6.07 Å². The molecule has 5 heteroatoms. The van der Waals surface area contributed by atoms with Crippen molar-refractivity contribution in [3.8, 4) is 5.75 Å². The first kappa shape index (κ1) is 13.1. The van der Waals surface area contributed by atoms with E-state index in [4.69, 9.17) is 9.15 Å². The van der Waals surface area contributed by atoms with Crippen molar-refractivity contribution >= 4 is 15.9 Å². The molecule has 0 amide bonds. The molecule has 18 heavy (non-hydrogen) atoms. The molecule has 0 bridgehead atoms. The molecule has 2 rings (SSSR count). The maximum Gasteiger partial charge on any atom is 0.180 e. The zero-order chi connectivity index (χ0) is 13.0. The van der Waals surface area contributed by atoms with Gasteiger partial charge in [-0.15, -0.1) is 0 Å². The molecule has 4 nitrogen and oxygen atoms in total. The zero-order valence-corrected chi connectivity index (χ0v) is 11.9. The lowest BCUT2D eigenvalue weighted by molar-refractivity contribution is 0.411. The number of ether oxygens (including phenoxy) is 1. The number of halogens is 1. The van der Waals surface area contributed by atoms with E-state index in [0.29, 0.717) is 6.54 Å². The third kappa shape index (κ3) is 3.11. The Labute approximate surface area is 114 Å². The van der Waals surface area contributed by atoms with Crippen LogP contribution in [0.25, 0.3) is 0 Å². The largest absolute Gasteiger partial charge is 0.496 e. The van der Waals surface area contributed by atoms with Crippen molar-refractivity contribution in [2.45, 2.75) is 19.5 Å². The molecule has 0 spiro atoms. The van der Waals surface area contributed by atoms with Crippen LogP contribution in [0, 0.1) is 0 Å². The van der Waals surface area contributed by atoms with E-state index in [1.54, 1.807) is 13.3 Å². The first-order chi connectivity index (χ1) is 8.70. The molecule has 1 aromatic carbocycles. The van der Waals surface area contributed by atoms with Crippen LogP contribution in [0.1, 0.15) is 24.3 Å². The van der Waals surface area contributed by atoms with Gasteiger partial charge in [0.1, 0.15) is 11.5 Å². The Morgan fingerprint density at radius 2 is 2.33 bits per heavy atom. The van der Waals surface area contributed by atoms with Gasteiger partial charge in [-0.25, -0.2) is 4.98 Å². The molecule has 1 N–H and O–H groups in total. The van der Waals surface area contributed by atoms with Crippen molar-refractivity contribution in [2.75, 3.05) is 7.11 Å². The van der Waals surface area contributed by atoms with Gasteiger partial charge in [0.25, 0.3) is 0 Å². The fourth-order valence-corrected chi connectivity index (χ4v) is 2.21. The summed E-state index contributed by atoms with van der Waals surface area (Å²) in [5.74, 6) is 1.66. The molecule has 0 aliphatic carbocycles. The quantitative estimate of drug-likeness (QED) is 0.920. The zero-order valence-electron chi connectivity index (χ0n) is 10.3. The van der Waals surface area contributed by atoms with Crippen LogP contribution in [0.4, 0.5) is 0 Å². The van der Waals surface area contributed by atoms with Gasteiger partial charge >= 0.3 is 0 Å². The van der Waals surface area contributed by atoms with E-state index < -0.39 is 0 Å². The molecule has 0 fully saturated rings. The van der Waals surface area contributed by atoms with Crippen LogP contribution in [-0.4, -0.2) is 12.1 Å². The molecule has 96 valence electrons. The summed E-state index contributed by atoms with van der Waals surface area (Å²) >= 11 is 3.48. The van der Waals surface area contributed by atoms with E-state index in [2.05, 4.69) is 39.2 Å². The van der Waals surface area contributed by atoms with E-state index in [9.17, 15) is 0 Å². The molecule has 0 aliphatic rings. The van der Waals surface area contributed by atoms with Gasteiger partial charge < -0.3 is 14.5 Å². The van der Waals surface area contributed by atoms with Crippen molar-refractivity contribution in [3.05, 3.63) is 46.6 Å². The molecule has 2 aromatic rings. The van der Waals surface area contributed by atoms with Gasteiger partial charge in [-0.05, 0) is 40.5 Å². The third-order valence-electron chi connectivity index (χ3n) is 2.74. The molecule has 0 radical (unpaired) electrons.